The van der Waals surface area contributed by atoms with Crippen LogP contribution in [0.15, 0.2) is 72.8 Å². The first-order valence-electron chi connectivity index (χ1n) is 10.3. The molecule has 0 spiro atoms. The lowest BCUT2D eigenvalue weighted by atomic mass is 10.1. The van der Waals surface area contributed by atoms with Gasteiger partial charge in [0.1, 0.15) is 12.4 Å². The fourth-order valence-electron chi connectivity index (χ4n) is 4.49. The second kappa shape index (κ2) is 9.30. The van der Waals surface area contributed by atoms with Crippen molar-refractivity contribution in [2.24, 2.45) is 0 Å². The zero-order chi connectivity index (χ0) is 19.6. The third-order valence-electron chi connectivity index (χ3n) is 6.00. The summed E-state index contributed by atoms with van der Waals surface area (Å²) in [5.41, 5.74) is 5.06. The number of ether oxygens (including phenoxy) is 1. The van der Waals surface area contributed by atoms with Crippen LogP contribution in [-0.2, 0) is 13.0 Å². The van der Waals surface area contributed by atoms with E-state index in [2.05, 4.69) is 70.5 Å². The molecule has 2 aliphatic heterocycles. The molecule has 0 bridgehead atoms. The highest BCUT2D eigenvalue weighted by molar-refractivity contribution is 6.30. The zero-order valence-corrected chi connectivity index (χ0v) is 18.4. The number of likely N-dealkylation sites (tertiary alicyclic amines) is 1. The highest BCUT2D eigenvalue weighted by atomic mass is 35.5. The number of nitrogens with zero attached hydrogens (tertiary/aromatic N) is 2. The molecule has 3 nitrogen and oxygen atoms in total. The summed E-state index contributed by atoms with van der Waals surface area (Å²) < 4.78 is 6.14. The Balaban J connectivity index is 0.00000218. The summed E-state index contributed by atoms with van der Waals surface area (Å²) in [7, 11) is 0. The maximum Gasteiger partial charge on any atom is 0.143 e. The Labute approximate surface area is 189 Å². The van der Waals surface area contributed by atoms with Gasteiger partial charge in [0.25, 0.3) is 0 Å². The monoisotopic (exact) mass is 440 g/mol. The van der Waals surface area contributed by atoms with Crippen LogP contribution < -0.4 is 9.64 Å². The largest absolute Gasteiger partial charge is 0.487 e. The summed E-state index contributed by atoms with van der Waals surface area (Å²) in [6.07, 6.45) is 2.21. The Morgan fingerprint density at radius 3 is 2.47 bits per heavy atom. The van der Waals surface area contributed by atoms with Crippen molar-refractivity contribution >= 4 is 35.4 Å². The molecule has 2 heterocycles. The smallest absolute Gasteiger partial charge is 0.143 e. The molecule has 30 heavy (non-hydrogen) atoms. The number of hydrogen-bond donors (Lipinski definition) is 0. The summed E-state index contributed by atoms with van der Waals surface area (Å²) in [5.74, 6) is 0.975. The van der Waals surface area contributed by atoms with Crippen molar-refractivity contribution in [2.75, 3.05) is 24.5 Å². The molecule has 3 aromatic rings. The van der Waals surface area contributed by atoms with Gasteiger partial charge in [-0.2, -0.15) is 0 Å². The van der Waals surface area contributed by atoms with E-state index < -0.39 is 0 Å². The van der Waals surface area contributed by atoms with E-state index in [0.29, 0.717) is 12.6 Å². The summed E-state index contributed by atoms with van der Waals surface area (Å²) in [4.78, 5) is 5.09. The highest BCUT2D eigenvalue weighted by Crippen LogP contribution is 2.42. The summed E-state index contributed by atoms with van der Waals surface area (Å²) in [6, 6.07) is 25.8. The van der Waals surface area contributed by atoms with Gasteiger partial charge in [-0.1, -0.05) is 54.1 Å². The maximum absolute atomic E-state index is 6.14. The van der Waals surface area contributed by atoms with E-state index >= 15 is 0 Å². The molecule has 1 saturated heterocycles. The van der Waals surface area contributed by atoms with Crippen LogP contribution in [0.25, 0.3) is 0 Å². The molecule has 2 aliphatic rings. The first-order valence-corrected chi connectivity index (χ1v) is 10.7. The third-order valence-corrected chi connectivity index (χ3v) is 6.25. The molecule has 0 unspecified atom stereocenters. The Morgan fingerprint density at radius 1 is 0.900 bits per heavy atom. The number of para-hydroxylation sites is 3. The normalized spacial score (nSPS) is 18.0. The Hall–Kier alpha value is -2.20. The molecule has 5 heteroatoms. The van der Waals surface area contributed by atoms with Crippen molar-refractivity contribution in [3.8, 4) is 5.75 Å². The number of rotatable bonds is 4. The minimum atomic E-state index is 0. The van der Waals surface area contributed by atoms with Crippen LogP contribution in [0.3, 0.4) is 0 Å². The minimum Gasteiger partial charge on any atom is -0.487 e. The van der Waals surface area contributed by atoms with E-state index in [1.54, 1.807) is 0 Å². The van der Waals surface area contributed by atoms with Crippen LogP contribution in [0.5, 0.6) is 5.75 Å². The fourth-order valence-corrected chi connectivity index (χ4v) is 4.62. The fraction of sp³-hybridized carbons (Fsp3) is 0.280. The quantitative estimate of drug-likeness (QED) is 0.486. The minimum absolute atomic E-state index is 0. The van der Waals surface area contributed by atoms with Gasteiger partial charge in [0.15, 0.2) is 0 Å². The average molecular weight is 441 g/mol. The number of hydrogen-bond acceptors (Lipinski definition) is 3. The van der Waals surface area contributed by atoms with Crippen LogP contribution >= 0.6 is 24.0 Å². The first-order chi connectivity index (χ1) is 14.3. The summed E-state index contributed by atoms with van der Waals surface area (Å²) >= 11 is 6.01. The van der Waals surface area contributed by atoms with Crippen LogP contribution in [0, 0.1) is 0 Å². The first kappa shape index (κ1) is 21.0. The van der Waals surface area contributed by atoms with E-state index in [1.165, 1.54) is 22.5 Å². The molecule has 0 aromatic heterocycles. The van der Waals surface area contributed by atoms with E-state index in [-0.39, 0.29) is 12.4 Å². The van der Waals surface area contributed by atoms with Crippen LogP contribution in [0.4, 0.5) is 11.4 Å². The van der Waals surface area contributed by atoms with Gasteiger partial charge in [-0.15, -0.1) is 12.4 Å². The lowest BCUT2D eigenvalue weighted by molar-refractivity contribution is 0.310. The molecule has 1 fully saturated rings. The van der Waals surface area contributed by atoms with Gasteiger partial charge in [0.2, 0.25) is 0 Å². The molecular weight excluding hydrogens is 415 g/mol. The van der Waals surface area contributed by atoms with E-state index in [1.807, 2.05) is 12.1 Å². The van der Waals surface area contributed by atoms with E-state index in [0.717, 1.165) is 43.2 Å². The maximum atomic E-state index is 6.14. The third kappa shape index (κ3) is 4.29. The second-order valence-electron chi connectivity index (χ2n) is 7.87. The predicted molar refractivity (Wildman–Crippen MR) is 127 cm³/mol. The number of anilines is 2. The molecular formula is C25H26Cl2N2O. The summed E-state index contributed by atoms with van der Waals surface area (Å²) in [6.45, 7) is 3.89. The highest BCUT2D eigenvalue weighted by Gasteiger charge is 2.32. The van der Waals surface area contributed by atoms with Gasteiger partial charge in [-0.25, -0.2) is 0 Å². The van der Waals surface area contributed by atoms with Gasteiger partial charge in [0.05, 0.1) is 5.69 Å². The standard InChI is InChI=1S/C25H25ClN2O.ClH/c26-21-11-9-19(10-12-21)13-15-27-16-14-22(17-27)28-23-6-2-1-5-20(23)18-29-25-8-4-3-7-24(25)28;/h1-12,22H,13-18H2;1H/t22-;/m1./s1. The predicted octanol–water partition coefficient (Wildman–Crippen LogP) is 6.11. The van der Waals surface area contributed by atoms with Crippen molar-refractivity contribution in [1.82, 2.24) is 4.90 Å². The molecule has 5 rings (SSSR count). The topological polar surface area (TPSA) is 15.7 Å². The van der Waals surface area contributed by atoms with Gasteiger partial charge in [-0.05, 0) is 48.7 Å². The van der Waals surface area contributed by atoms with Crippen molar-refractivity contribution in [3.63, 3.8) is 0 Å². The zero-order valence-electron chi connectivity index (χ0n) is 16.8. The van der Waals surface area contributed by atoms with Crippen LogP contribution in [-0.4, -0.2) is 30.6 Å². The van der Waals surface area contributed by atoms with E-state index in [9.17, 15) is 0 Å². The lowest BCUT2D eigenvalue weighted by Crippen LogP contribution is -2.35. The van der Waals surface area contributed by atoms with Crippen molar-refractivity contribution in [3.05, 3.63) is 88.9 Å². The van der Waals surface area contributed by atoms with Gasteiger partial charge >= 0.3 is 0 Å². The van der Waals surface area contributed by atoms with Crippen molar-refractivity contribution < 1.29 is 4.74 Å². The van der Waals surface area contributed by atoms with Gasteiger partial charge < -0.3 is 14.5 Å². The lowest BCUT2D eigenvalue weighted by Gasteiger charge is -2.32. The molecule has 0 N–H and O–H groups in total. The SMILES string of the molecule is Cl.Clc1ccc(CCN2CC[C@@H](N3c4ccccc4COc4ccccc43)C2)cc1. The van der Waals surface area contributed by atoms with Crippen molar-refractivity contribution in [1.29, 1.82) is 0 Å². The Bertz CT molecular complexity index is 945. The molecule has 0 aliphatic carbocycles. The molecule has 3 aromatic carbocycles. The number of halogens is 2. The Morgan fingerprint density at radius 2 is 1.63 bits per heavy atom. The average Bonchev–Trinajstić information content (AvgIpc) is 3.15. The molecule has 0 amide bonds. The van der Waals surface area contributed by atoms with Gasteiger partial charge in [0, 0.05) is 41.9 Å². The Kier molecular flexibility index (Phi) is 6.52. The molecule has 0 radical (unpaired) electrons. The van der Waals surface area contributed by atoms with Gasteiger partial charge in [-0.3, -0.25) is 0 Å². The number of benzene rings is 3. The van der Waals surface area contributed by atoms with Crippen LogP contribution in [0.2, 0.25) is 5.02 Å². The second-order valence-corrected chi connectivity index (χ2v) is 8.31. The molecule has 0 saturated carbocycles. The number of fused-ring (bicyclic) bond motifs is 2. The van der Waals surface area contributed by atoms with E-state index in [4.69, 9.17) is 16.3 Å². The molecule has 1 atom stereocenters. The molecule has 156 valence electrons. The van der Waals surface area contributed by atoms with Crippen molar-refractivity contribution in [2.45, 2.75) is 25.5 Å². The van der Waals surface area contributed by atoms with Crippen LogP contribution in [0.1, 0.15) is 17.5 Å². The summed E-state index contributed by atoms with van der Waals surface area (Å²) in [5, 5.41) is 0.802.